The van der Waals surface area contributed by atoms with Crippen LogP contribution in [0.15, 0.2) is 24.3 Å². The smallest absolute Gasteiger partial charge is 0.309 e. The number of hydrogen-bond acceptors (Lipinski definition) is 3. The zero-order chi connectivity index (χ0) is 14.7. The molecule has 1 aromatic carbocycles. The fraction of sp³-hybridized carbons (Fsp3) is 0.429. The molecule has 0 unspecified atom stereocenters. The van der Waals surface area contributed by atoms with Crippen molar-refractivity contribution in [2.75, 3.05) is 20.3 Å². The van der Waals surface area contributed by atoms with Crippen LogP contribution in [0, 0.1) is 5.92 Å². The van der Waals surface area contributed by atoms with E-state index in [2.05, 4.69) is 0 Å². The first kappa shape index (κ1) is 14.8. The van der Waals surface area contributed by atoms with Crippen molar-refractivity contribution in [3.05, 3.63) is 34.9 Å². The number of hydrogen-bond donors (Lipinski definition) is 1. The number of carboxylic acid groups (broad SMARTS) is 1. The Kier molecular flexibility index (Phi) is 4.62. The lowest BCUT2D eigenvalue weighted by Gasteiger charge is -2.27. The minimum atomic E-state index is -0.983. The molecule has 0 radical (unpaired) electrons. The van der Waals surface area contributed by atoms with E-state index < -0.39 is 17.9 Å². The maximum Gasteiger partial charge on any atom is 0.309 e. The lowest BCUT2D eigenvalue weighted by molar-refractivity contribution is -0.142. The summed E-state index contributed by atoms with van der Waals surface area (Å²) in [5.41, 5.74) is 0.670. The highest BCUT2D eigenvalue weighted by molar-refractivity contribution is 6.31. The van der Waals surface area contributed by atoms with Gasteiger partial charge in [0.2, 0.25) is 5.91 Å². The van der Waals surface area contributed by atoms with Gasteiger partial charge < -0.3 is 14.7 Å². The number of likely N-dealkylation sites (tertiary alicyclic amines) is 1. The van der Waals surface area contributed by atoms with Gasteiger partial charge in [-0.05, 0) is 11.6 Å². The van der Waals surface area contributed by atoms with Crippen molar-refractivity contribution in [2.45, 2.75) is 12.5 Å². The molecule has 5 nitrogen and oxygen atoms in total. The maximum atomic E-state index is 12.1. The normalized spacial score (nSPS) is 22.3. The standard InChI is InChI=1S/C14H16ClNO4/c1-20-7-6-16-12(17)8-10(14(18)19)13(16)9-4-2-3-5-11(9)15/h2-5,10,13H,6-8H2,1H3,(H,18,19)/t10-,13+/m0/s1. The monoisotopic (exact) mass is 297 g/mol. The number of aliphatic carboxylic acids is 1. The van der Waals surface area contributed by atoms with Crippen molar-refractivity contribution in [1.29, 1.82) is 0 Å². The van der Waals surface area contributed by atoms with E-state index in [0.717, 1.165) is 0 Å². The van der Waals surface area contributed by atoms with Gasteiger partial charge in [-0.1, -0.05) is 29.8 Å². The number of ether oxygens (including phenoxy) is 1. The molecule has 2 atom stereocenters. The highest BCUT2D eigenvalue weighted by Crippen LogP contribution is 2.40. The quantitative estimate of drug-likeness (QED) is 0.902. The second kappa shape index (κ2) is 6.24. The zero-order valence-electron chi connectivity index (χ0n) is 11.1. The van der Waals surface area contributed by atoms with Crippen LogP contribution in [-0.2, 0) is 14.3 Å². The molecule has 1 amide bonds. The van der Waals surface area contributed by atoms with Crippen molar-refractivity contribution >= 4 is 23.5 Å². The molecule has 6 heteroatoms. The van der Waals surface area contributed by atoms with Gasteiger partial charge in [0.25, 0.3) is 0 Å². The number of amides is 1. The number of rotatable bonds is 5. The predicted octanol–water partition coefficient (Wildman–Crippen LogP) is 1.96. The van der Waals surface area contributed by atoms with E-state index in [9.17, 15) is 14.7 Å². The van der Waals surface area contributed by atoms with Gasteiger partial charge in [-0.2, -0.15) is 0 Å². The molecular formula is C14H16ClNO4. The molecule has 0 aliphatic carbocycles. The first-order chi connectivity index (χ1) is 9.56. The van der Waals surface area contributed by atoms with Crippen LogP contribution >= 0.6 is 11.6 Å². The van der Waals surface area contributed by atoms with Crippen LogP contribution in [-0.4, -0.2) is 42.1 Å². The summed E-state index contributed by atoms with van der Waals surface area (Å²) in [5.74, 6) is -1.94. The molecular weight excluding hydrogens is 282 g/mol. The number of carboxylic acids is 1. The average Bonchev–Trinajstić information content (AvgIpc) is 2.74. The summed E-state index contributed by atoms with van der Waals surface area (Å²) >= 11 is 6.16. The molecule has 1 N–H and O–H groups in total. The fourth-order valence-electron chi connectivity index (χ4n) is 2.56. The molecule has 2 rings (SSSR count). The summed E-state index contributed by atoms with van der Waals surface area (Å²) in [5, 5.41) is 9.82. The lowest BCUT2D eigenvalue weighted by atomic mass is 9.93. The van der Waals surface area contributed by atoms with Crippen molar-refractivity contribution in [1.82, 2.24) is 4.90 Å². The largest absolute Gasteiger partial charge is 0.481 e. The molecule has 1 saturated heterocycles. The Hall–Kier alpha value is -1.59. The molecule has 0 spiro atoms. The minimum Gasteiger partial charge on any atom is -0.481 e. The summed E-state index contributed by atoms with van der Waals surface area (Å²) < 4.78 is 4.99. The highest BCUT2D eigenvalue weighted by Gasteiger charge is 2.45. The van der Waals surface area contributed by atoms with E-state index in [1.54, 1.807) is 36.3 Å². The fourth-order valence-corrected chi connectivity index (χ4v) is 2.81. The Bertz CT molecular complexity index is 520. The van der Waals surface area contributed by atoms with E-state index in [1.807, 2.05) is 0 Å². The SMILES string of the molecule is COCCN1C(=O)C[C@H](C(=O)O)[C@H]1c1ccccc1Cl. The number of halogens is 1. The first-order valence-corrected chi connectivity index (χ1v) is 6.69. The molecule has 1 aliphatic heterocycles. The van der Waals surface area contributed by atoms with Crippen LogP contribution in [0.1, 0.15) is 18.0 Å². The molecule has 0 saturated carbocycles. The topological polar surface area (TPSA) is 66.8 Å². The minimum absolute atomic E-state index is 0.00502. The Morgan fingerprint density at radius 1 is 1.50 bits per heavy atom. The number of nitrogens with zero attached hydrogens (tertiary/aromatic N) is 1. The maximum absolute atomic E-state index is 12.1. The zero-order valence-corrected chi connectivity index (χ0v) is 11.8. The second-order valence-corrected chi connectivity index (χ2v) is 5.10. The molecule has 1 fully saturated rings. The Labute approximate surface area is 122 Å². The van der Waals surface area contributed by atoms with Crippen molar-refractivity contribution in [3.8, 4) is 0 Å². The van der Waals surface area contributed by atoms with Gasteiger partial charge in [-0.3, -0.25) is 9.59 Å². The van der Waals surface area contributed by atoms with Crippen LogP contribution in [0.4, 0.5) is 0 Å². The summed E-state index contributed by atoms with van der Waals surface area (Å²) in [6.45, 7) is 0.716. The predicted molar refractivity (Wildman–Crippen MR) is 73.5 cm³/mol. The highest BCUT2D eigenvalue weighted by atomic mass is 35.5. The lowest BCUT2D eigenvalue weighted by Crippen LogP contribution is -2.33. The van der Waals surface area contributed by atoms with E-state index in [-0.39, 0.29) is 12.3 Å². The van der Waals surface area contributed by atoms with Crippen molar-refractivity contribution in [3.63, 3.8) is 0 Å². The Morgan fingerprint density at radius 3 is 2.80 bits per heavy atom. The Balaban J connectivity index is 2.38. The van der Waals surface area contributed by atoms with Crippen LogP contribution < -0.4 is 0 Å². The van der Waals surface area contributed by atoms with Crippen LogP contribution in [0.2, 0.25) is 5.02 Å². The average molecular weight is 298 g/mol. The molecule has 1 heterocycles. The van der Waals surface area contributed by atoms with Gasteiger partial charge in [0.05, 0.1) is 18.6 Å². The van der Waals surface area contributed by atoms with Crippen LogP contribution in [0.5, 0.6) is 0 Å². The van der Waals surface area contributed by atoms with Gasteiger partial charge in [0.1, 0.15) is 0 Å². The van der Waals surface area contributed by atoms with Crippen molar-refractivity contribution < 1.29 is 19.4 Å². The molecule has 0 aromatic heterocycles. The van der Waals surface area contributed by atoms with Crippen molar-refractivity contribution in [2.24, 2.45) is 5.92 Å². The summed E-state index contributed by atoms with van der Waals surface area (Å²) in [6.07, 6.45) is -0.00502. The first-order valence-electron chi connectivity index (χ1n) is 6.32. The molecule has 108 valence electrons. The number of benzene rings is 1. The van der Waals surface area contributed by atoms with Gasteiger partial charge in [0, 0.05) is 25.1 Å². The van der Waals surface area contributed by atoms with Gasteiger partial charge in [0.15, 0.2) is 0 Å². The van der Waals surface area contributed by atoms with Gasteiger partial charge in [-0.15, -0.1) is 0 Å². The van der Waals surface area contributed by atoms with E-state index in [4.69, 9.17) is 16.3 Å². The number of carbonyl (C=O) groups excluding carboxylic acids is 1. The van der Waals surface area contributed by atoms with Crippen LogP contribution in [0.3, 0.4) is 0 Å². The third-order valence-electron chi connectivity index (χ3n) is 3.51. The third kappa shape index (κ3) is 2.78. The molecule has 1 aromatic rings. The Morgan fingerprint density at radius 2 is 2.20 bits per heavy atom. The van der Waals surface area contributed by atoms with Gasteiger partial charge >= 0.3 is 5.97 Å². The number of carbonyl (C=O) groups is 2. The summed E-state index contributed by atoms with van der Waals surface area (Å²) in [6, 6.07) is 6.49. The molecule has 0 bridgehead atoms. The van der Waals surface area contributed by atoms with E-state index in [0.29, 0.717) is 23.7 Å². The molecule has 1 aliphatic rings. The van der Waals surface area contributed by atoms with E-state index >= 15 is 0 Å². The van der Waals surface area contributed by atoms with Crippen LogP contribution in [0.25, 0.3) is 0 Å². The number of methoxy groups -OCH3 is 1. The van der Waals surface area contributed by atoms with Gasteiger partial charge in [-0.25, -0.2) is 0 Å². The molecule has 20 heavy (non-hydrogen) atoms. The third-order valence-corrected chi connectivity index (χ3v) is 3.85. The summed E-state index contributed by atoms with van der Waals surface area (Å²) in [4.78, 5) is 25.0. The second-order valence-electron chi connectivity index (χ2n) is 4.70. The van der Waals surface area contributed by atoms with E-state index in [1.165, 1.54) is 0 Å². The summed E-state index contributed by atoms with van der Waals surface area (Å²) in [7, 11) is 1.54.